The number of carbonyl (C=O) groups is 2. The van der Waals surface area contributed by atoms with Crippen molar-refractivity contribution in [3.63, 3.8) is 0 Å². The highest BCUT2D eigenvalue weighted by Crippen LogP contribution is 2.21. The molecule has 6 heteroatoms. The van der Waals surface area contributed by atoms with Crippen LogP contribution in [-0.2, 0) is 11.3 Å². The number of fused-ring (bicyclic) bond motifs is 1. The van der Waals surface area contributed by atoms with E-state index in [1.165, 1.54) is 38.5 Å². The van der Waals surface area contributed by atoms with Crippen LogP contribution in [0, 0.1) is 4.91 Å². The molecule has 1 aromatic carbocycles. The van der Waals surface area contributed by atoms with E-state index in [1.54, 1.807) is 0 Å². The number of nitroso groups, excluding NO2 is 1. The predicted molar refractivity (Wildman–Crippen MR) is 117 cm³/mol. The molecule has 1 unspecified atom stereocenters. The Hall–Kier alpha value is -2.50. The van der Waals surface area contributed by atoms with Crippen LogP contribution < -0.4 is 5.32 Å². The van der Waals surface area contributed by atoms with E-state index in [2.05, 4.69) is 17.4 Å². The number of aldehydes is 1. The fraction of sp³-hybridized carbons (Fsp3) is 0.565. The molecule has 6 nitrogen and oxygen atoms in total. The molecule has 29 heavy (non-hydrogen) atoms. The van der Waals surface area contributed by atoms with Crippen LogP contribution >= 0.6 is 0 Å². The number of aromatic nitrogens is 1. The maximum atomic E-state index is 12.8. The molecule has 158 valence electrons. The number of hydrogen-bond donors (Lipinski definition) is 1. The Morgan fingerprint density at radius 2 is 1.79 bits per heavy atom. The van der Waals surface area contributed by atoms with Crippen molar-refractivity contribution < 1.29 is 9.59 Å². The highest BCUT2D eigenvalue weighted by atomic mass is 16.3. The Kier molecular flexibility index (Phi) is 10.1. The normalized spacial score (nSPS) is 12.0. The molecule has 0 radical (unpaired) electrons. The molecule has 1 heterocycles. The molecular weight excluding hydrogens is 366 g/mol. The Morgan fingerprint density at radius 3 is 2.48 bits per heavy atom. The summed E-state index contributed by atoms with van der Waals surface area (Å²) in [6.45, 7) is 3.00. The monoisotopic (exact) mass is 399 g/mol. The number of rotatable bonds is 15. The summed E-state index contributed by atoms with van der Waals surface area (Å²) < 4.78 is 2.04. The van der Waals surface area contributed by atoms with Crippen molar-refractivity contribution in [2.75, 3.05) is 6.54 Å². The first-order valence-corrected chi connectivity index (χ1v) is 10.8. The average Bonchev–Trinajstić information content (AvgIpc) is 3.11. The van der Waals surface area contributed by atoms with E-state index < -0.39 is 6.04 Å². The molecule has 1 atom stereocenters. The Bertz CT molecular complexity index is 785. The van der Waals surface area contributed by atoms with Gasteiger partial charge in [-0.3, -0.25) is 4.79 Å². The first kappa shape index (κ1) is 22.8. The average molecular weight is 400 g/mol. The van der Waals surface area contributed by atoms with Gasteiger partial charge in [-0.2, -0.15) is 4.91 Å². The molecule has 0 saturated heterocycles. The second-order valence-electron chi connectivity index (χ2n) is 7.57. The van der Waals surface area contributed by atoms with Crippen LogP contribution in [0.3, 0.4) is 0 Å². The molecular formula is C23H33N3O3. The van der Waals surface area contributed by atoms with E-state index in [1.807, 2.05) is 34.9 Å². The first-order valence-electron chi connectivity index (χ1n) is 10.8. The maximum Gasteiger partial charge on any atom is 0.268 e. The zero-order chi connectivity index (χ0) is 20.9. The van der Waals surface area contributed by atoms with Crippen molar-refractivity contribution in [3.05, 3.63) is 40.9 Å². The van der Waals surface area contributed by atoms with Gasteiger partial charge in [0.15, 0.2) is 0 Å². The molecule has 2 rings (SSSR count). The molecule has 0 bridgehead atoms. The van der Waals surface area contributed by atoms with Gasteiger partial charge < -0.3 is 14.7 Å². The van der Waals surface area contributed by atoms with Crippen LogP contribution in [0.25, 0.3) is 10.9 Å². The zero-order valence-electron chi connectivity index (χ0n) is 17.4. The van der Waals surface area contributed by atoms with Gasteiger partial charge in [-0.05, 0) is 25.0 Å². The largest absolute Gasteiger partial charge is 0.341 e. The smallest absolute Gasteiger partial charge is 0.268 e. The summed E-state index contributed by atoms with van der Waals surface area (Å²) in [7, 11) is 0. The van der Waals surface area contributed by atoms with Crippen molar-refractivity contribution >= 4 is 23.1 Å². The molecule has 0 aliphatic carbocycles. The first-order chi connectivity index (χ1) is 14.2. The number of unbranched alkanes of at least 4 members (excludes halogenated alkanes) is 7. The number of aryl methyl sites for hydroxylation is 1. The Labute approximate surface area is 173 Å². The maximum absolute atomic E-state index is 12.8. The van der Waals surface area contributed by atoms with Gasteiger partial charge in [0, 0.05) is 17.4 Å². The van der Waals surface area contributed by atoms with Crippen molar-refractivity contribution in [1.82, 2.24) is 9.88 Å². The lowest BCUT2D eigenvalue weighted by Crippen LogP contribution is -2.37. The van der Waals surface area contributed by atoms with Crippen molar-refractivity contribution in [1.29, 1.82) is 0 Å². The van der Waals surface area contributed by atoms with Crippen LogP contribution in [0.1, 0.15) is 75.2 Å². The quantitative estimate of drug-likeness (QED) is 0.253. The van der Waals surface area contributed by atoms with E-state index in [-0.39, 0.29) is 18.9 Å². The molecule has 0 spiro atoms. The molecule has 1 amide bonds. The summed E-state index contributed by atoms with van der Waals surface area (Å²) in [5.74, 6) is -0.288. The topological polar surface area (TPSA) is 80.5 Å². The summed E-state index contributed by atoms with van der Waals surface area (Å²) in [5.41, 5.74) is 1.58. The number of amides is 1. The summed E-state index contributed by atoms with van der Waals surface area (Å²) in [6.07, 6.45) is 10.7. The third-order valence-electron chi connectivity index (χ3n) is 5.29. The number of nitrogens with one attached hydrogen (secondary N) is 1. The van der Waals surface area contributed by atoms with Crippen LogP contribution in [0.5, 0.6) is 0 Å². The van der Waals surface area contributed by atoms with E-state index in [0.717, 1.165) is 30.3 Å². The lowest BCUT2D eigenvalue weighted by atomic mass is 10.1. The molecule has 0 fully saturated rings. The van der Waals surface area contributed by atoms with Crippen LogP contribution in [0.4, 0.5) is 0 Å². The minimum atomic E-state index is -0.699. The molecule has 1 aromatic heterocycles. The number of para-hydroxylation sites is 1. The molecule has 2 aromatic rings. The van der Waals surface area contributed by atoms with E-state index in [9.17, 15) is 14.5 Å². The standard InChI is InChI=1S/C23H33N3O3/c1-2-3-4-5-6-7-8-11-16-26-21-13-10-9-12-19(21)17-22(26)23(28)25-20(18-27)14-15-24-29/h9-10,12-13,17-18,20H,2-8,11,14-16H2,1H3,(H,25,28). The summed E-state index contributed by atoms with van der Waals surface area (Å²) in [5, 5.41) is 6.50. The molecule has 0 aliphatic rings. The minimum Gasteiger partial charge on any atom is -0.341 e. The van der Waals surface area contributed by atoms with E-state index in [4.69, 9.17) is 0 Å². The van der Waals surface area contributed by atoms with Gasteiger partial charge in [-0.1, -0.05) is 75.2 Å². The van der Waals surface area contributed by atoms with Gasteiger partial charge in [0.05, 0.1) is 12.6 Å². The third kappa shape index (κ3) is 7.11. The SMILES string of the molecule is CCCCCCCCCCn1c(C(=O)NC(C=O)CCN=O)cc2ccccc21. The number of benzene rings is 1. The van der Waals surface area contributed by atoms with Gasteiger partial charge in [0.25, 0.3) is 5.91 Å². The fourth-order valence-corrected chi connectivity index (χ4v) is 3.65. The molecule has 0 saturated carbocycles. The van der Waals surface area contributed by atoms with Gasteiger partial charge in [0.1, 0.15) is 12.0 Å². The number of carbonyl (C=O) groups excluding carboxylic acids is 2. The van der Waals surface area contributed by atoms with Gasteiger partial charge in [-0.15, -0.1) is 0 Å². The minimum absolute atomic E-state index is 0.00489. The zero-order valence-corrected chi connectivity index (χ0v) is 17.4. The van der Waals surface area contributed by atoms with Crippen molar-refractivity contribution in [2.45, 2.75) is 77.3 Å². The predicted octanol–water partition coefficient (Wildman–Crippen LogP) is 5.24. The lowest BCUT2D eigenvalue weighted by molar-refractivity contribution is -0.109. The highest BCUT2D eigenvalue weighted by Gasteiger charge is 2.18. The highest BCUT2D eigenvalue weighted by molar-refractivity contribution is 5.99. The summed E-state index contributed by atoms with van der Waals surface area (Å²) >= 11 is 0. The second kappa shape index (κ2) is 12.9. The van der Waals surface area contributed by atoms with Gasteiger partial charge in [-0.25, -0.2) is 0 Å². The fourth-order valence-electron chi connectivity index (χ4n) is 3.65. The van der Waals surface area contributed by atoms with Crippen LogP contribution in [-0.4, -0.2) is 29.3 Å². The van der Waals surface area contributed by atoms with Crippen LogP contribution in [0.15, 0.2) is 35.5 Å². The lowest BCUT2D eigenvalue weighted by Gasteiger charge is -2.14. The summed E-state index contributed by atoms with van der Waals surface area (Å²) in [4.78, 5) is 34.3. The van der Waals surface area contributed by atoms with Gasteiger partial charge >= 0.3 is 0 Å². The molecule has 1 N–H and O–H groups in total. The van der Waals surface area contributed by atoms with Gasteiger partial charge in [0.2, 0.25) is 0 Å². The second-order valence-corrected chi connectivity index (χ2v) is 7.57. The Morgan fingerprint density at radius 1 is 1.10 bits per heavy atom. The Balaban J connectivity index is 2.00. The third-order valence-corrected chi connectivity index (χ3v) is 5.29. The van der Waals surface area contributed by atoms with Crippen LogP contribution in [0.2, 0.25) is 0 Å². The van der Waals surface area contributed by atoms with Crippen molar-refractivity contribution in [2.24, 2.45) is 5.18 Å². The van der Waals surface area contributed by atoms with E-state index in [0.29, 0.717) is 12.0 Å². The number of nitrogens with zero attached hydrogens (tertiary/aromatic N) is 2. The summed E-state index contributed by atoms with van der Waals surface area (Å²) in [6, 6.07) is 9.10. The van der Waals surface area contributed by atoms with Crippen molar-refractivity contribution in [3.8, 4) is 0 Å². The number of hydrogen-bond acceptors (Lipinski definition) is 4. The molecule has 0 aliphatic heterocycles. The van der Waals surface area contributed by atoms with E-state index >= 15 is 0 Å².